The molecule has 0 spiro atoms. The Morgan fingerprint density at radius 3 is 2.37 bits per heavy atom. The summed E-state index contributed by atoms with van der Waals surface area (Å²) < 4.78 is 44.3. The van der Waals surface area contributed by atoms with Gasteiger partial charge in [-0.1, -0.05) is 18.5 Å². The van der Waals surface area contributed by atoms with E-state index in [0.717, 1.165) is 19.0 Å². The van der Waals surface area contributed by atoms with Gasteiger partial charge in [0.15, 0.2) is 0 Å². The highest BCUT2D eigenvalue weighted by atomic mass is 35.5. The lowest BCUT2D eigenvalue weighted by Gasteiger charge is -2.34. The van der Waals surface area contributed by atoms with Gasteiger partial charge in [-0.3, -0.25) is 10.0 Å². The minimum absolute atomic E-state index is 0.0174. The topological polar surface area (TPSA) is 90.5 Å². The fourth-order valence-electron chi connectivity index (χ4n) is 5.28. The molecule has 0 aliphatic heterocycles. The van der Waals surface area contributed by atoms with Crippen molar-refractivity contribution in [2.45, 2.75) is 57.8 Å². The Morgan fingerprint density at radius 2 is 1.82 bits per heavy atom. The van der Waals surface area contributed by atoms with Crippen LogP contribution < -0.4 is 10.0 Å². The molecule has 0 radical (unpaired) electrons. The number of allylic oxidation sites excluding steroid dienone is 4. The van der Waals surface area contributed by atoms with Crippen molar-refractivity contribution in [3.8, 4) is 0 Å². The van der Waals surface area contributed by atoms with E-state index >= 15 is 0 Å². The molecule has 1 heterocycles. The van der Waals surface area contributed by atoms with Gasteiger partial charge in [0.05, 0.1) is 16.2 Å². The molecule has 1 unspecified atom stereocenters. The standard InChI is InChI=1S/C28H28ClF3N2O4/c1-15-11-16(12-15)13-20(26(35)33-19-6-3-17(4-7-19)27(36)37)23-10-5-18(14-34(23)38)24-21(28(2,31)32)8-9-22(29)25(24)30/h3-7,10,14-16,20H,8-9,11-13H2,1-2H3,(H2-,33,35,36,37,38)/p+1. The van der Waals surface area contributed by atoms with Crippen LogP contribution in [0.4, 0.5) is 18.9 Å². The number of nitrogens with zero attached hydrogens (tertiary/aromatic N) is 1. The summed E-state index contributed by atoms with van der Waals surface area (Å²) in [6.45, 7) is 2.81. The average molecular weight is 550 g/mol. The number of pyridine rings is 1. The number of aromatic nitrogens is 1. The van der Waals surface area contributed by atoms with Crippen molar-refractivity contribution in [3.63, 3.8) is 0 Å². The predicted octanol–water partition coefficient (Wildman–Crippen LogP) is 6.69. The number of carbonyl (C=O) groups is 2. The molecule has 2 aliphatic carbocycles. The maximum Gasteiger partial charge on any atom is 0.335 e. The Balaban J connectivity index is 1.67. The number of benzene rings is 1. The van der Waals surface area contributed by atoms with E-state index in [1.54, 1.807) is 0 Å². The zero-order valence-corrected chi connectivity index (χ0v) is 21.7. The van der Waals surface area contributed by atoms with Gasteiger partial charge < -0.3 is 10.4 Å². The first-order valence-corrected chi connectivity index (χ1v) is 12.8. The summed E-state index contributed by atoms with van der Waals surface area (Å²) in [5.41, 5.74) is -0.0713. The van der Waals surface area contributed by atoms with Crippen LogP contribution in [-0.2, 0) is 4.79 Å². The van der Waals surface area contributed by atoms with Crippen LogP contribution in [0.15, 0.2) is 59.0 Å². The first-order chi connectivity index (χ1) is 17.8. The van der Waals surface area contributed by atoms with E-state index < -0.39 is 35.1 Å². The quantitative estimate of drug-likeness (QED) is 0.253. The molecule has 1 atom stereocenters. The zero-order chi connectivity index (χ0) is 27.8. The van der Waals surface area contributed by atoms with E-state index in [1.807, 2.05) is 0 Å². The number of hydrogen-bond donors (Lipinski definition) is 3. The van der Waals surface area contributed by atoms with E-state index in [-0.39, 0.29) is 46.2 Å². The van der Waals surface area contributed by atoms with Crippen LogP contribution in [0.3, 0.4) is 0 Å². The SMILES string of the molecule is CC1CC(CC(C(=O)Nc2ccc(C(=O)O)cc2)c2ccc(C3=C(C(C)(F)F)CCC(Cl)=C3F)c[n+]2O)C1. The molecule has 4 rings (SSSR count). The molecule has 1 saturated carbocycles. The molecule has 2 aromatic rings. The number of hydrogen-bond acceptors (Lipinski definition) is 3. The summed E-state index contributed by atoms with van der Waals surface area (Å²) in [7, 11) is 0. The molecule has 1 fully saturated rings. The van der Waals surface area contributed by atoms with Gasteiger partial charge in [0.1, 0.15) is 11.7 Å². The summed E-state index contributed by atoms with van der Waals surface area (Å²) in [6.07, 6.45) is 3.25. The van der Waals surface area contributed by atoms with E-state index in [0.29, 0.717) is 29.7 Å². The van der Waals surface area contributed by atoms with Crippen LogP contribution in [0.2, 0.25) is 0 Å². The highest BCUT2D eigenvalue weighted by Crippen LogP contribution is 2.45. The highest BCUT2D eigenvalue weighted by molar-refractivity contribution is 6.31. The van der Waals surface area contributed by atoms with E-state index in [4.69, 9.17) is 16.7 Å². The summed E-state index contributed by atoms with van der Waals surface area (Å²) in [5.74, 6) is -5.78. The number of rotatable bonds is 8. The molecule has 3 N–H and O–H groups in total. The van der Waals surface area contributed by atoms with Crippen LogP contribution in [0, 0.1) is 11.8 Å². The number of carboxylic acid groups (broad SMARTS) is 1. The van der Waals surface area contributed by atoms with E-state index in [1.165, 1.54) is 36.4 Å². The Bertz CT molecular complexity index is 1310. The highest BCUT2D eigenvalue weighted by Gasteiger charge is 2.39. The molecule has 6 nitrogen and oxygen atoms in total. The van der Waals surface area contributed by atoms with Gasteiger partial charge in [-0.05, 0) is 74.3 Å². The molecule has 202 valence electrons. The Morgan fingerprint density at radius 1 is 1.16 bits per heavy atom. The van der Waals surface area contributed by atoms with Crippen molar-refractivity contribution in [2.75, 3.05) is 5.32 Å². The third-order valence-corrected chi connectivity index (χ3v) is 7.60. The van der Waals surface area contributed by atoms with E-state index in [9.17, 15) is 28.0 Å². The van der Waals surface area contributed by atoms with Crippen molar-refractivity contribution in [1.82, 2.24) is 0 Å². The normalized spacial score (nSPS) is 20.7. The summed E-state index contributed by atoms with van der Waals surface area (Å²) in [6, 6.07) is 8.52. The molecule has 38 heavy (non-hydrogen) atoms. The maximum atomic E-state index is 15.0. The largest absolute Gasteiger partial charge is 0.478 e. The predicted molar refractivity (Wildman–Crippen MR) is 136 cm³/mol. The fraction of sp³-hybridized carbons (Fsp3) is 0.393. The number of alkyl halides is 2. The second-order valence-corrected chi connectivity index (χ2v) is 10.7. The molecular weight excluding hydrogens is 521 g/mol. The smallest absolute Gasteiger partial charge is 0.335 e. The first kappa shape index (κ1) is 27.7. The lowest BCUT2D eigenvalue weighted by Crippen LogP contribution is -2.41. The van der Waals surface area contributed by atoms with Gasteiger partial charge >= 0.3 is 5.97 Å². The maximum absolute atomic E-state index is 15.0. The lowest BCUT2D eigenvalue weighted by atomic mass is 9.71. The van der Waals surface area contributed by atoms with Gasteiger partial charge in [-0.25, -0.2) is 18.0 Å². The van der Waals surface area contributed by atoms with Gasteiger partial charge in [0, 0.05) is 34.6 Å². The number of aromatic carboxylic acids is 1. The summed E-state index contributed by atoms with van der Waals surface area (Å²) in [4.78, 5) is 24.5. The number of nitrogens with one attached hydrogen (secondary N) is 1. The Hall–Kier alpha value is -3.33. The number of amides is 1. The van der Waals surface area contributed by atoms with Gasteiger partial charge in [0.2, 0.25) is 17.8 Å². The van der Waals surface area contributed by atoms with E-state index in [2.05, 4.69) is 12.2 Å². The van der Waals surface area contributed by atoms with Crippen molar-refractivity contribution >= 4 is 34.7 Å². The number of carboxylic acids is 1. The van der Waals surface area contributed by atoms with Crippen LogP contribution in [0.25, 0.3) is 5.57 Å². The number of anilines is 1. The first-order valence-electron chi connectivity index (χ1n) is 12.4. The molecule has 2 aliphatic rings. The van der Waals surface area contributed by atoms with Crippen molar-refractivity contribution in [2.24, 2.45) is 11.8 Å². The molecule has 0 bridgehead atoms. The van der Waals surface area contributed by atoms with Crippen LogP contribution in [0.1, 0.15) is 73.5 Å². The van der Waals surface area contributed by atoms with Crippen molar-refractivity contribution in [1.29, 1.82) is 0 Å². The monoisotopic (exact) mass is 549 g/mol. The van der Waals surface area contributed by atoms with Gasteiger partial charge in [0.25, 0.3) is 5.92 Å². The molecule has 1 aromatic carbocycles. The zero-order valence-electron chi connectivity index (χ0n) is 21.0. The fourth-order valence-corrected chi connectivity index (χ4v) is 5.47. The average Bonchev–Trinajstić information content (AvgIpc) is 2.82. The Labute approximate surface area is 223 Å². The molecule has 1 aromatic heterocycles. The number of halogens is 4. The second-order valence-electron chi connectivity index (χ2n) is 10.3. The molecule has 10 heteroatoms. The summed E-state index contributed by atoms with van der Waals surface area (Å²) in [5, 5.41) is 22.6. The lowest BCUT2D eigenvalue weighted by molar-refractivity contribution is -0.910. The van der Waals surface area contributed by atoms with Gasteiger partial charge in [-0.15, -0.1) is 0 Å². The van der Waals surface area contributed by atoms with Gasteiger partial charge in [-0.2, -0.15) is 0 Å². The third-order valence-electron chi connectivity index (χ3n) is 7.25. The minimum atomic E-state index is -3.29. The van der Waals surface area contributed by atoms with Crippen LogP contribution in [0.5, 0.6) is 0 Å². The minimum Gasteiger partial charge on any atom is -0.478 e. The molecule has 0 saturated heterocycles. The number of carbonyl (C=O) groups excluding carboxylic acids is 1. The van der Waals surface area contributed by atoms with Crippen LogP contribution >= 0.6 is 11.6 Å². The Kier molecular flexibility index (Phi) is 7.88. The van der Waals surface area contributed by atoms with Crippen molar-refractivity contribution < 1.29 is 37.8 Å². The molecular formula is C28H29ClF3N2O4+. The summed E-state index contributed by atoms with van der Waals surface area (Å²) >= 11 is 5.96. The van der Waals surface area contributed by atoms with Crippen molar-refractivity contribution in [3.05, 3.63) is 75.8 Å². The second kappa shape index (κ2) is 10.8. The third kappa shape index (κ3) is 5.88. The molecule has 1 amide bonds. The van der Waals surface area contributed by atoms with Crippen LogP contribution in [-0.4, -0.2) is 28.1 Å².